The number of unbranched alkanes of at least 4 members (excludes halogenated alkanes) is 3. The molecule has 0 saturated carbocycles. The Kier molecular flexibility index (Phi) is 22.9. The van der Waals surface area contributed by atoms with Crippen molar-refractivity contribution in [2.24, 2.45) is 0 Å². The van der Waals surface area contributed by atoms with Crippen molar-refractivity contribution in [3.8, 4) is 5.75 Å². The second-order valence-corrected chi connectivity index (χ2v) is 11.2. The molecule has 10 nitrogen and oxygen atoms in total. The van der Waals surface area contributed by atoms with Crippen LogP contribution in [0.3, 0.4) is 0 Å². The predicted octanol–water partition coefficient (Wildman–Crippen LogP) is 7.82. The van der Waals surface area contributed by atoms with Crippen molar-refractivity contribution >= 4 is 35.7 Å². The van der Waals surface area contributed by atoms with Crippen molar-refractivity contribution in [1.82, 2.24) is 0 Å². The number of carbonyl (C=O) groups is 5. The minimum atomic E-state index is -0.935. The van der Waals surface area contributed by atoms with E-state index in [0.717, 1.165) is 24.5 Å². The summed E-state index contributed by atoms with van der Waals surface area (Å²) in [7, 11) is 0. The van der Waals surface area contributed by atoms with Gasteiger partial charge >= 0.3 is 23.9 Å². The molecule has 1 heterocycles. The SMILES string of the molecule is C=C(C)C(=O)O.C=C(C)C(=O)OCC1CO1.C=C(C)C(=O)OCCCCCC.C=CC(=O)Oc1ccc(C(=O)C=Cc2ccc(C)cc2)cc1. The van der Waals surface area contributed by atoms with E-state index in [4.69, 9.17) is 24.1 Å². The number of benzene rings is 2. The van der Waals surface area contributed by atoms with Crippen LogP contribution in [-0.2, 0) is 33.4 Å². The molecule has 2 aromatic carbocycles. The van der Waals surface area contributed by atoms with Gasteiger partial charge in [0.1, 0.15) is 18.5 Å². The summed E-state index contributed by atoms with van der Waals surface area (Å²) >= 11 is 0. The van der Waals surface area contributed by atoms with Gasteiger partial charge in [-0.05, 0) is 70.0 Å². The summed E-state index contributed by atoms with van der Waals surface area (Å²) in [6.07, 6.45) is 9.04. The number of hydrogen-bond acceptors (Lipinski definition) is 9. The number of carboxylic acids is 1. The van der Waals surface area contributed by atoms with Crippen LogP contribution < -0.4 is 4.74 Å². The highest BCUT2D eigenvalue weighted by molar-refractivity contribution is 6.06. The fraction of sp³-hybridized carbons (Fsp3) is 0.325. The van der Waals surface area contributed by atoms with Gasteiger partial charge in [0.05, 0.1) is 13.2 Å². The van der Waals surface area contributed by atoms with Gasteiger partial charge in [-0.25, -0.2) is 19.2 Å². The number of hydrogen-bond donors (Lipinski definition) is 1. The van der Waals surface area contributed by atoms with E-state index in [9.17, 15) is 24.0 Å². The summed E-state index contributed by atoms with van der Waals surface area (Å²) in [5, 5.41) is 7.89. The first-order valence-corrected chi connectivity index (χ1v) is 16.0. The Bertz CT molecular complexity index is 1460. The molecule has 1 N–H and O–H groups in total. The molecule has 0 aromatic heterocycles. The van der Waals surface area contributed by atoms with E-state index in [1.165, 1.54) is 31.4 Å². The number of rotatable bonds is 15. The van der Waals surface area contributed by atoms with Gasteiger partial charge in [0.15, 0.2) is 5.78 Å². The van der Waals surface area contributed by atoms with Crippen LogP contribution in [0.5, 0.6) is 5.75 Å². The Morgan fingerprint density at radius 3 is 1.84 bits per heavy atom. The van der Waals surface area contributed by atoms with Crippen LogP contribution in [0.1, 0.15) is 74.9 Å². The molecule has 1 atom stereocenters. The average molecular weight is 691 g/mol. The number of ketones is 1. The van der Waals surface area contributed by atoms with Crippen molar-refractivity contribution < 1.29 is 48.0 Å². The molecule has 1 unspecified atom stereocenters. The van der Waals surface area contributed by atoms with Crippen LogP contribution in [0.25, 0.3) is 6.08 Å². The van der Waals surface area contributed by atoms with E-state index >= 15 is 0 Å². The molecule has 1 saturated heterocycles. The minimum absolute atomic E-state index is 0.109. The fourth-order valence-corrected chi connectivity index (χ4v) is 3.06. The highest BCUT2D eigenvalue weighted by atomic mass is 16.6. The topological polar surface area (TPSA) is 146 Å². The lowest BCUT2D eigenvalue weighted by molar-refractivity contribution is -0.140. The van der Waals surface area contributed by atoms with Crippen LogP contribution >= 0.6 is 0 Å². The second-order valence-electron chi connectivity index (χ2n) is 11.2. The van der Waals surface area contributed by atoms with Crippen molar-refractivity contribution in [3.05, 3.63) is 120 Å². The number of esters is 3. The van der Waals surface area contributed by atoms with E-state index < -0.39 is 11.9 Å². The molecule has 0 spiro atoms. The number of epoxide rings is 1. The number of ether oxygens (including phenoxy) is 4. The Labute approximate surface area is 295 Å². The standard InChI is InChI=1S/C19H16O3.C10H18O2.C7H10O3.C4H6O2/c1-3-19(21)22-17-11-9-16(10-12-17)18(20)13-8-15-6-4-14(2)5-7-15;1-4-5-6-7-8-12-10(11)9(2)3;1-5(2)7(8)10-4-6-3-9-6;1-3(2)4(5)6/h3-13H,1H2,2H3;2,4-8H2,1,3H3;6H,1,3-4H2,2H3;1H2,2H3,(H,5,6). The molecule has 2 aromatic rings. The molecular weight excluding hydrogens is 640 g/mol. The Morgan fingerprint density at radius 1 is 0.840 bits per heavy atom. The maximum atomic E-state index is 12.1. The fourth-order valence-electron chi connectivity index (χ4n) is 3.06. The molecule has 1 fully saturated rings. The average Bonchev–Trinajstić information content (AvgIpc) is 3.92. The predicted molar refractivity (Wildman–Crippen MR) is 195 cm³/mol. The molecule has 0 aliphatic carbocycles. The van der Waals surface area contributed by atoms with Crippen LogP contribution in [-0.4, -0.2) is 60.7 Å². The lowest BCUT2D eigenvalue weighted by atomic mass is 10.1. The molecular formula is C40H50O10. The van der Waals surface area contributed by atoms with Crippen molar-refractivity contribution in [2.75, 3.05) is 19.8 Å². The van der Waals surface area contributed by atoms with Gasteiger partial charge < -0.3 is 24.1 Å². The smallest absolute Gasteiger partial charge is 0.335 e. The van der Waals surface area contributed by atoms with Gasteiger partial charge in [-0.15, -0.1) is 0 Å². The molecule has 270 valence electrons. The molecule has 1 aliphatic rings. The van der Waals surface area contributed by atoms with Gasteiger partial charge in [-0.1, -0.05) is 88.4 Å². The van der Waals surface area contributed by atoms with Crippen molar-refractivity contribution in [1.29, 1.82) is 0 Å². The third kappa shape index (κ3) is 23.1. The summed E-state index contributed by atoms with van der Waals surface area (Å²) in [4.78, 5) is 54.3. The highest BCUT2D eigenvalue weighted by Crippen LogP contribution is 2.14. The Morgan fingerprint density at radius 2 is 1.38 bits per heavy atom. The maximum absolute atomic E-state index is 12.1. The quantitative estimate of drug-likeness (QED) is 0.0490. The van der Waals surface area contributed by atoms with Gasteiger partial charge in [0.25, 0.3) is 0 Å². The summed E-state index contributed by atoms with van der Waals surface area (Å²) in [5.41, 5.74) is 3.76. The highest BCUT2D eigenvalue weighted by Gasteiger charge is 2.24. The van der Waals surface area contributed by atoms with E-state index in [2.05, 4.69) is 33.2 Å². The molecule has 0 bridgehead atoms. The first-order valence-electron chi connectivity index (χ1n) is 16.0. The summed E-state index contributed by atoms with van der Waals surface area (Å²) in [6.45, 7) is 23.9. The van der Waals surface area contributed by atoms with E-state index in [1.54, 1.807) is 44.2 Å². The molecule has 1 aliphatic heterocycles. The van der Waals surface area contributed by atoms with Crippen molar-refractivity contribution in [2.45, 2.75) is 66.4 Å². The third-order valence-electron chi connectivity index (χ3n) is 6.12. The number of carbonyl (C=O) groups excluding carboxylic acids is 4. The lowest BCUT2D eigenvalue weighted by Gasteiger charge is -2.02. The van der Waals surface area contributed by atoms with Gasteiger partial charge in [0.2, 0.25) is 0 Å². The zero-order chi connectivity index (χ0) is 38.1. The zero-order valence-corrected chi connectivity index (χ0v) is 29.8. The molecule has 50 heavy (non-hydrogen) atoms. The summed E-state index contributed by atoms with van der Waals surface area (Å²) < 4.78 is 19.5. The maximum Gasteiger partial charge on any atom is 0.335 e. The first kappa shape index (κ1) is 44.6. The van der Waals surface area contributed by atoms with E-state index in [0.29, 0.717) is 42.3 Å². The van der Waals surface area contributed by atoms with Crippen LogP contribution in [0.15, 0.2) is 104 Å². The van der Waals surface area contributed by atoms with Crippen LogP contribution in [0.2, 0.25) is 0 Å². The monoisotopic (exact) mass is 690 g/mol. The van der Waals surface area contributed by atoms with Gasteiger partial charge in [-0.3, -0.25) is 4.79 Å². The molecule has 0 amide bonds. The summed E-state index contributed by atoms with van der Waals surface area (Å²) in [6, 6.07) is 14.3. The minimum Gasteiger partial charge on any atom is -0.478 e. The Hall–Kier alpha value is -5.35. The van der Waals surface area contributed by atoms with E-state index in [-0.39, 0.29) is 29.4 Å². The van der Waals surface area contributed by atoms with Crippen LogP contribution in [0.4, 0.5) is 0 Å². The van der Waals surface area contributed by atoms with E-state index in [1.807, 2.05) is 31.2 Å². The molecule has 10 heteroatoms. The van der Waals surface area contributed by atoms with Gasteiger partial charge in [-0.2, -0.15) is 0 Å². The molecule has 0 radical (unpaired) electrons. The summed E-state index contributed by atoms with van der Waals surface area (Å²) in [5.74, 6) is -1.80. The normalized spacial score (nSPS) is 12.1. The largest absolute Gasteiger partial charge is 0.478 e. The zero-order valence-electron chi connectivity index (χ0n) is 29.8. The van der Waals surface area contributed by atoms with Crippen LogP contribution in [0, 0.1) is 6.92 Å². The Balaban J connectivity index is 0.000000723. The van der Waals surface area contributed by atoms with Gasteiger partial charge in [0, 0.05) is 28.4 Å². The molecule has 3 rings (SSSR count). The van der Waals surface area contributed by atoms with Crippen molar-refractivity contribution in [3.63, 3.8) is 0 Å². The second kappa shape index (κ2) is 25.6. The lowest BCUT2D eigenvalue weighted by Crippen LogP contribution is -2.09. The number of carboxylic acid groups (broad SMARTS) is 1. The first-order chi connectivity index (χ1) is 23.6. The number of aryl methyl sites for hydroxylation is 1. The number of aliphatic carboxylic acids is 1. The number of allylic oxidation sites excluding steroid dienone is 1. The third-order valence-corrected chi connectivity index (χ3v) is 6.12.